The van der Waals surface area contributed by atoms with Crippen LogP contribution in [0.25, 0.3) is 0 Å². The molecule has 2 rings (SSSR count). The Bertz CT molecular complexity index is 869. The average molecular weight is 414 g/mol. The van der Waals surface area contributed by atoms with E-state index in [1.807, 2.05) is 30.3 Å². The fraction of sp³-hybridized carbons (Fsp3) is 0.318. The minimum Gasteiger partial charge on any atom is -0.497 e. The second kappa shape index (κ2) is 11.5. The van der Waals surface area contributed by atoms with Gasteiger partial charge < -0.3 is 24.8 Å². The van der Waals surface area contributed by atoms with Crippen molar-refractivity contribution in [3.63, 3.8) is 0 Å². The van der Waals surface area contributed by atoms with Gasteiger partial charge in [-0.2, -0.15) is 0 Å². The molecule has 0 fully saturated rings. The van der Waals surface area contributed by atoms with Crippen LogP contribution in [-0.4, -0.2) is 45.2 Å². The van der Waals surface area contributed by atoms with Crippen molar-refractivity contribution in [3.05, 3.63) is 59.7 Å². The Kier molecular flexibility index (Phi) is 8.68. The van der Waals surface area contributed by atoms with Crippen LogP contribution in [0.4, 0.5) is 0 Å². The Morgan fingerprint density at radius 3 is 2.37 bits per heavy atom. The lowest BCUT2D eigenvalue weighted by atomic mass is 10.1. The van der Waals surface area contributed by atoms with Gasteiger partial charge in [0.1, 0.15) is 18.0 Å². The molecule has 1 atom stereocenters. The molecule has 0 saturated carbocycles. The molecule has 2 N–H and O–H groups in total. The number of rotatable bonds is 10. The van der Waals surface area contributed by atoms with Crippen LogP contribution in [0.15, 0.2) is 48.5 Å². The van der Waals surface area contributed by atoms with Gasteiger partial charge in [0.2, 0.25) is 5.91 Å². The Morgan fingerprint density at radius 2 is 1.70 bits per heavy atom. The van der Waals surface area contributed by atoms with E-state index in [1.54, 1.807) is 32.2 Å². The van der Waals surface area contributed by atoms with Gasteiger partial charge in [0.25, 0.3) is 5.91 Å². The van der Waals surface area contributed by atoms with E-state index in [4.69, 9.17) is 14.2 Å². The molecule has 8 heteroatoms. The van der Waals surface area contributed by atoms with Crippen LogP contribution in [0, 0.1) is 0 Å². The third kappa shape index (κ3) is 7.12. The lowest BCUT2D eigenvalue weighted by Gasteiger charge is -2.18. The molecule has 2 amide bonds. The number of benzene rings is 2. The maximum Gasteiger partial charge on any atom is 0.325 e. The van der Waals surface area contributed by atoms with Crippen LogP contribution in [0.1, 0.15) is 24.1 Å². The summed E-state index contributed by atoms with van der Waals surface area (Å²) in [7, 11) is 3.08. The summed E-state index contributed by atoms with van der Waals surface area (Å²) in [6.45, 7) is 1.02. The summed E-state index contributed by atoms with van der Waals surface area (Å²) in [5.41, 5.74) is 1.56. The molecule has 30 heavy (non-hydrogen) atoms. The zero-order valence-electron chi connectivity index (χ0n) is 17.3. The standard InChI is InChI=1S/C22H26N2O6/c1-15(18-12-17(28-2)9-10-19(18)29-3)24-21(26)14-30-22(27)13-23-20(25)11-16-7-5-4-6-8-16/h4-10,12,15H,11,13-14H2,1-3H3,(H,23,25)(H,24,26). The van der Waals surface area contributed by atoms with E-state index in [9.17, 15) is 14.4 Å². The lowest BCUT2D eigenvalue weighted by Crippen LogP contribution is -2.35. The van der Waals surface area contributed by atoms with E-state index < -0.39 is 24.5 Å². The van der Waals surface area contributed by atoms with Crippen molar-refractivity contribution >= 4 is 17.8 Å². The zero-order chi connectivity index (χ0) is 21.9. The van der Waals surface area contributed by atoms with Crippen LogP contribution in [-0.2, 0) is 25.5 Å². The summed E-state index contributed by atoms with van der Waals surface area (Å²) in [5, 5.41) is 5.21. The molecule has 0 bridgehead atoms. The van der Waals surface area contributed by atoms with Crippen molar-refractivity contribution in [1.82, 2.24) is 10.6 Å². The van der Waals surface area contributed by atoms with Crippen LogP contribution < -0.4 is 20.1 Å². The van der Waals surface area contributed by atoms with Gasteiger partial charge in [-0.15, -0.1) is 0 Å². The number of methoxy groups -OCH3 is 2. The Hall–Kier alpha value is -3.55. The van der Waals surface area contributed by atoms with Gasteiger partial charge in [0.15, 0.2) is 6.61 Å². The highest BCUT2D eigenvalue weighted by atomic mass is 16.5. The molecule has 0 radical (unpaired) electrons. The van der Waals surface area contributed by atoms with Gasteiger partial charge in [-0.05, 0) is 30.7 Å². The number of amides is 2. The van der Waals surface area contributed by atoms with E-state index in [0.29, 0.717) is 11.5 Å². The summed E-state index contributed by atoms with van der Waals surface area (Å²) in [5.74, 6) is -0.248. The fourth-order valence-corrected chi connectivity index (χ4v) is 2.75. The number of carbonyl (C=O) groups is 3. The molecule has 0 heterocycles. The Labute approximate surface area is 175 Å². The number of hydrogen-bond donors (Lipinski definition) is 2. The van der Waals surface area contributed by atoms with Crippen LogP contribution >= 0.6 is 0 Å². The van der Waals surface area contributed by atoms with E-state index in [-0.39, 0.29) is 18.9 Å². The summed E-state index contributed by atoms with van der Waals surface area (Å²) in [4.78, 5) is 35.8. The summed E-state index contributed by atoms with van der Waals surface area (Å²) < 4.78 is 15.4. The van der Waals surface area contributed by atoms with Crippen molar-refractivity contribution in [3.8, 4) is 11.5 Å². The van der Waals surface area contributed by atoms with Crippen molar-refractivity contribution in [1.29, 1.82) is 0 Å². The van der Waals surface area contributed by atoms with Gasteiger partial charge in [0.05, 0.1) is 26.7 Å². The molecule has 8 nitrogen and oxygen atoms in total. The van der Waals surface area contributed by atoms with E-state index in [1.165, 1.54) is 7.11 Å². The molecule has 0 aliphatic rings. The SMILES string of the molecule is COc1ccc(OC)c(C(C)NC(=O)COC(=O)CNC(=O)Cc2ccccc2)c1. The molecule has 2 aromatic rings. The topological polar surface area (TPSA) is 103 Å². The molecule has 0 spiro atoms. The predicted octanol–water partition coefficient (Wildman–Crippen LogP) is 1.78. The molecule has 1 unspecified atom stereocenters. The monoisotopic (exact) mass is 414 g/mol. The smallest absolute Gasteiger partial charge is 0.325 e. The summed E-state index contributed by atoms with van der Waals surface area (Å²) in [6, 6.07) is 14.0. The fourth-order valence-electron chi connectivity index (χ4n) is 2.75. The normalized spacial score (nSPS) is 11.2. The molecule has 0 aromatic heterocycles. The molecule has 0 aliphatic heterocycles. The first-order valence-corrected chi connectivity index (χ1v) is 9.40. The van der Waals surface area contributed by atoms with Crippen molar-refractivity contribution in [2.24, 2.45) is 0 Å². The second-order valence-corrected chi connectivity index (χ2v) is 6.50. The molecule has 0 saturated heterocycles. The van der Waals surface area contributed by atoms with Crippen molar-refractivity contribution < 1.29 is 28.6 Å². The highest BCUT2D eigenvalue weighted by Gasteiger charge is 2.16. The van der Waals surface area contributed by atoms with Crippen LogP contribution in [0.5, 0.6) is 11.5 Å². The van der Waals surface area contributed by atoms with E-state index in [0.717, 1.165) is 11.1 Å². The maximum absolute atomic E-state index is 12.1. The third-order valence-electron chi connectivity index (χ3n) is 4.28. The van der Waals surface area contributed by atoms with E-state index >= 15 is 0 Å². The van der Waals surface area contributed by atoms with E-state index in [2.05, 4.69) is 10.6 Å². The third-order valence-corrected chi connectivity index (χ3v) is 4.28. The van der Waals surface area contributed by atoms with Crippen molar-refractivity contribution in [2.75, 3.05) is 27.4 Å². The van der Waals surface area contributed by atoms with Gasteiger partial charge >= 0.3 is 5.97 Å². The van der Waals surface area contributed by atoms with Crippen LogP contribution in [0.2, 0.25) is 0 Å². The molecular formula is C22H26N2O6. The Balaban J connectivity index is 1.76. The first kappa shape index (κ1) is 22.7. The number of ether oxygens (including phenoxy) is 3. The lowest BCUT2D eigenvalue weighted by molar-refractivity contribution is -0.148. The maximum atomic E-state index is 12.1. The Morgan fingerprint density at radius 1 is 0.967 bits per heavy atom. The summed E-state index contributed by atoms with van der Waals surface area (Å²) in [6.07, 6.45) is 0.161. The van der Waals surface area contributed by atoms with Gasteiger partial charge in [-0.25, -0.2) is 0 Å². The summed E-state index contributed by atoms with van der Waals surface area (Å²) >= 11 is 0. The van der Waals surface area contributed by atoms with Gasteiger partial charge in [-0.3, -0.25) is 14.4 Å². The highest BCUT2D eigenvalue weighted by molar-refractivity contribution is 5.85. The largest absolute Gasteiger partial charge is 0.497 e. The quantitative estimate of drug-likeness (QED) is 0.575. The van der Waals surface area contributed by atoms with Gasteiger partial charge in [0, 0.05) is 5.56 Å². The number of esters is 1. The number of nitrogens with one attached hydrogen (secondary N) is 2. The average Bonchev–Trinajstić information content (AvgIpc) is 2.76. The predicted molar refractivity (Wildman–Crippen MR) is 110 cm³/mol. The van der Waals surface area contributed by atoms with Gasteiger partial charge in [-0.1, -0.05) is 30.3 Å². The number of carbonyl (C=O) groups excluding carboxylic acids is 3. The van der Waals surface area contributed by atoms with Crippen LogP contribution in [0.3, 0.4) is 0 Å². The molecule has 2 aromatic carbocycles. The first-order chi connectivity index (χ1) is 14.4. The minimum atomic E-state index is -0.696. The minimum absolute atomic E-state index is 0.161. The molecular weight excluding hydrogens is 388 g/mol. The van der Waals surface area contributed by atoms with Crippen molar-refractivity contribution in [2.45, 2.75) is 19.4 Å². The zero-order valence-corrected chi connectivity index (χ0v) is 17.3. The second-order valence-electron chi connectivity index (χ2n) is 6.50. The molecule has 160 valence electrons. The molecule has 0 aliphatic carbocycles. The highest BCUT2D eigenvalue weighted by Crippen LogP contribution is 2.29. The first-order valence-electron chi connectivity index (χ1n) is 9.40. The number of hydrogen-bond acceptors (Lipinski definition) is 6.